The molecule has 1 fully saturated rings. The molecule has 2 amide bonds. The molecule has 2 unspecified atom stereocenters. The van der Waals surface area contributed by atoms with E-state index >= 15 is 0 Å². The fourth-order valence-corrected chi connectivity index (χ4v) is 4.21. The van der Waals surface area contributed by atoms with Crippen LogP contribution in [-0.4, -0.2) is 23.3 Å². The number of carbonyl (C=O) groups is 2. The Hall–Kier alpha value is -2.62. The molecule has 0 spiro atoms. The van der Waals surface area contributed by atoms with Crippen molar-refractivity contribution in [2.24, 2.45) is 5.92 Å². The molecule has 0 saturated carbocycles. The van der Waals surface area contributed by atoms with Crippen LogP contribution < -0.4 is 5.32 Å². The van der Waals surface area contributed by atoms with E-state index in [0.717, 1.165) is 24.8 Å². The third kappa shape index (κ3) is 3.90. The summed E-state index contributed by atoms with van der Waals surface area (Å²) in [5.41, 5.74) is 4.88. The number of nitrogens with zero attached hydrogens (tertiary/aromatic N) is 1. The first-order valence-corrected chi connectivity index (χ1v) is 9.81. The van der Waals surface area contributed by atoms with Gasteiger partial charge in [-0.2, -0.15) is 0 Å². The van der Waals surface area contributed by atoms with Crippen LogP contribution in [0.2, 0.25) is 0 Å². The Bertz CT molecular complexity index is 844. The van der Waals surface area contributed by atoms with Gasteiger partial charge >= 0.3 is 0 Å². The Morgan fingerprint density at radius 2 is 1.93 bits per heavy atom. The van der Waals surface area contributed by atoms with Gasteiger partial charge in [0.2, 0.25) is 11.8 Å². The van der Waals surface area contributed by atoms with Gasteiger partial charge in [0.15, 0.2) is 0 Å². The maximum absolute atomic E-state index is 12.8. The number of nitrogens with one attached hydrogen (secondary N) is 1. The van der Waals surface area contributed by atoms with E-state index in [2.05, 4.69) is 54.7 Å². The highest BCUT2D eigenvalue weighted by atomic mass is 16.2. The molecule has 1 heterocycles. The molecule has 1 aliphatic heterocycles. The van der Waals surface area contributed by atoms with Gasteiger partial charge < -0.3 is 10.2 Å². The Kier molecular flexibility index (Phi) is 4.97. The Morgan fingerprint density at radius 3 is 2.74 bits per heavy atom. The van der Waals surface area contributed by atoms with Gasteiger partial charge in [-0.3, -0.25) is 9.59 Å². The summed E-state index contributed by atoms with van der Waals surface area (Å²) in [5, 5.41) is 3.21. The van der Waals surface area contributed by atoms with Gasteiger partial charge in [0.1, 0.15) is 0 Å². The molecule has 4 nitrogen and oxygen atoms in total. The Balaban J connectivity index is 1.39. The molecular weight excluding hydrogens is 336 g/mol. The predicted molar refractivity (Wildman–Crippen MR) is 105 cm³/mol. The van der Waals surface area contributed by atoms with Gasteiger partial charge in [0.25, 0.3) is 0 Å². The topological polar surface area (TPSA) is 49.4 Å². The smallest absolute Gasteiger partial charge is 0.225 e. The highest BCUT2D eigenvalue weighted by Crippen LogP contribution is 2.30. The lowest BCUT2D eigenvalue weighted by atomic mass is 9.87. The molecule has 1 aliphatic carbocycles. The number of benzene rings is 2. The minimum Gasteiger partial charge on any atom is -0.349 e. The molecule has 0 aromatic heterocycles. The number of rotatable bonds is 4. The van der Waals surface area contributed by atoms with E-state index in [-0.39, 0.29) is 23.8 Å². The summed E-state index contributed by atoms with van der Waals surface area (Å²) in [4.78, 5) is 27.0. The lowest BCUT2D eigenvalue weighted by Crippen LogP contribution is -2.36. The molecular formula is C23H26N2O2. The minimum atomic E-state index is -0.253. The van der Waals surface area contributed by atoms with Crippen molar-refractivity contribution in [3.63, 3.8) is 0 Å². The molecule has 0 bridgehead atoms. The fraction of sp³-hybridized carbons (Fsp3) is 0.391. The third-order valence-corrected chi connectivity index (χ3v) is 5.77. The zero-order valence-electron chi connectivity index (χ0n) is 15.8. The van der Waals surface area contributed by atoms with E-state index in [1.165, 1.54) is 16.7 Å². The van der Waals surface area contributed by atoms with E-state index in [1.807, 2.05) is 11.0 Å². The van der Waals surface area contributed by atoms with Gasteiger partial charge in [0, 0.05) is 19.5 Å². The molecule has 0 radical (unpaired) electrons. The van der Waals surface area contributed by atoms with E-state index in [0.29, 0.717) is 19.5 Å². The predicted octanol–water partition coefficient (Wildman–Crippen LogP) is 3.54. The summed E-state index contributed by atoms with van der Waals surface area (Å²) in [5.74, 6) is -0.173. The number of carbonyl (C=O) groups excluding carboxylic acids is 2. The summed E-state index contributed by atoms with van der Waals surface area (Å²) < 4.78 is 0. The van der Waals surface area contributed by atoms with Gasteiger partial charge in [-0.25, -0.2) is 0 Å². The van der Waals surface area contributed by atoms with Gasteiger partial charge in [-0.05, 0) is 42.9 Å². The van der Waals surface area contributed by atoms with Crippen LogP contribution in [0.15, 0.2) is 48.5 Å². The quantitative estimate of drug-likeness (QED) is 0.904. The Labute approximate surface area is 160 Å². The molecule has 2 atom stereocenters. The van der Waals surface area contributed by atoms with Crippen molar-refractivity contribution in [2.45, 2.75) is 45.2 Å². The third-order valence-electron chi connectivity index (χ3n) is 5.77. The standard InChI is InChI=1S/C23H26N2O2/c1-16-9-11-17(12-10-16)14-25-15-19(13-22(25)26)23(27)24-21-8-4-6-18-5-2-3-7-20(18)21/h2-3,5,7,9-12,19,21H,4,6,8,13-15H2,1H3,(H,24,27). The first kappa shape index (κ1) is 17.8. The molecule has 27 heavy (non-hydrogen) atoms. The zero-order valence-corrected chi connectivity index (χ0v) is 15.8. The lowest BCUT2D eigenvalue weighted by molar-refractivity contribution is -0.129. The van der Waals surface area contributed by atoms with Crippen molar-refractivity contribution in [1.29, 1.82) is 0 Å². The van der Waals surface area contributed by atoms with E-state index in [4.69, 9.17) is 0 Å². The fourth-order valence-electron chi connectivity index (χ4n) is 4.21. The molecule has 2 aromatic rings. The molecule has 2 aliphatic rings. The minimum absolute atomic E-state index is 0.0106. The van der Waals surface area contributed by atoms with Crippen molar-refractivity contribution in [3.8, 4) is 0 Å². The first-order valence-electron chi connectivity index (χ1n) is 9.81. The SMILES string of the molecule is Cc1ccc(CN2CC(C(=O)NC3CCCc4ccccc43)CC2=O)cc1. The molecule has 140 valence electrons. The molecule has 1 saturated heterocycles. The largest absolute Gasteiger partial charge is 0.349 e. The van der Waals surface area contributed by atoms with Crippen LogP contribution in [0.4, 0.5) is 0 Å². The average molecular weight is 362 g/mol. The normalized spacial score (nSPS) is 21.8. The lowest BCUT2D eigenvalue weighted by Gasteiger charge is -2.27. The number of aryl methyl sites for hydroxylation is 2. The highest BCUT2D eigenvalue weighted by molar-refractivity contribution is 5.89. The zero-order chi connectivity index (χ0) is 18.8. The summed E-state index contributed by atoms with van der Waals surface area (Å²) >= 11 is 0. The second-order valence-electron chi connectivity index (χ2n) is 7.81. The van der Waals surface area contributed by atoms with Crippen molar-refractivity contribution in [2.75, 3.05) is 6.54 Å². The number of likely N-dealkylation sites (tertiary alicyclic amines) is 1. The van der Waals surface area contributed by atoms with Crippen LogP contribution in [0.5, 0.6) is 0 Å². The van der Waals surface area contributed by atoms with Crippen LogP contribution in [0.1, 0.15) is 47.6 Å². The molecule has 4 rings (SSSR count). The van der Waals surface area contributed by atoms with Crippen LogP contribution in [0.3, 0.4) is 0 Å². The summed E-state index contributed by atoms with van der Waals surface area (Å²) in [6.07, 6.45) is 3.45. The van der Waals surface area contributed by atoms with Crippen LogP contribution >= 0.6 is 0 Å². The van der Waals surface area contributed by atoms with Gasteiger partial charge in [-0.1, -0.05) is 54.1 Å². The van der Waals surface area contributed by atoms with E-state index in [9.17, 15) is 9.59 Å². The molecule has 2 aromatic carbocycles. The number of fused-ring (bicyclic) bond motifs is 1. The van der Waals surface area contributed by atoms with Crippen LogP contribution in [0, 0.1) is 12.8 Å². The number of amides is 2. The van der Waals surface area contributed by atoms with E-state index in [1.54, 1.807) is 0 Å². The number of hydrogen-bond donors (Lipinski definition) is 1. The van der Waals surface area contributed by atoms with E-state index < -0.39 is 0 Å². The average Bonchev–Trinajstić information content (AvgIpc) is 3.04. The summed E-state index contributed by atoms with van der Waals surface area (Å²) in [6.45, 7) is 3.14. The van der Waals surface area contributed by atoms with Crippen LogP contribution in [-0.2, 0) is 22.6 Å². The second kappa shape index (κ2) is 7.55. The Morgan fingerprint density at radius 1 is 1.15 bits per heavy atom. The molecule has 1 N–H and O–H groups in total. The maximum atomic E-state index is 12.8. The summed E-state index contributed by atoms with van der Waals surface area (Å²) in [7, 11) is 0. The number of hydrogen-bond acceptors (Lipinski definition) is 2. The monoisotopic (exact) mass is 362 g/mol. The van der Waals surface area contributed by atoms with Crippen molar-refractivity contribution < 1.29 is 9.59 Å². The van der Waals surface area contributed by atoms with Crippen LogP contribution in [0.25, 0.3) is 0 Å². The van der Waals surface area contributed by atoms with Crippen molar-refractivity contribution in [3.05, 3.63) is 70.8 Å². The maximum Gasteiger partial charge on any atom is 0.225 e. The van der Waals surface area contributed by atoms with Gasteiger partial charge in [0.05, 0.1) is 12.0 Å². The first-order chi connectivity index (χ1) is 13.1. The van der Waals surface area contributed by atoms with Crippen molar-refractivity contribution >= 4 is 11.8 Å². The van der Waals surface area contributed by atoms with Crippen molar-refractivity contribution in [1.82, 2.24) is 10.2 Å². The highest BCUT2D eigenvalue weighted by Gasteiger charge is 2.35. The molecule has 4 heteroatoms. The van der Waals surface area contributed by atoms with Gasteiger partial charge in [-0.15, -0.1) is 0 Å². The summed E-state index contributed by atoms with van der Waals surface area (Å²) in [6, 6.07) is 16.6. The second-order valence-corrected chi connectivity index (χ2v) is 7.81.